The summed E-state index contributed by atoms with van der Waals surface area (Å²) in [6.07, 6.45) is 2.86. The molecule has 0 aromatic heterocycles. The van der Waals surface area contributed by atoms with Crippen LogP contribution in [0.4, 0.5) is 10.1 Å². The van der Waals surface area contributed by atoms with E-state index in [1.165, 1.54) is 29.2 Å². The Labute approximate surface area is 234 Å². The minimum absolute atomic E-state index is 0.270. The Balaban J connectivity index is 1.39. The smallest absolute Gasteiger partial charge is 0.312 e. The SMILES string of the molecule is C[C@H](C[C@H](N)[C@H](Cc1ccccc1)NC(=O)[C@H](C)N1CCN(CC2CC2)C(=O)C1=O)C(=O)Nc1ccc(F)cc1. The van der Waals surface area contributed by atoms with Gasteiger partial charge in [0.05, 0.1) is 0 Å². The number of nitrogens with one attached hydrogen (secondary N) is 2. The lowest BCUT2D eigenvalue weighted by Crippen LogP contribution is -2.61. The van der Waals surface area contributed by atoms with Crippen LogP contribution in [0.15, 0.2) is 54.6 Å². The summed E-state index contributed by atoms with van der Waals surface area (Å²) in [6.45, 7) is 4.66. The topological polar surface area (TPSA) is 125 Å². The van der Waals surface area contributed by atoms with Gasteiger partial charge in [-0.2, -0.15) is 0 Å². The number of halogens is 1. The van der Waals surface area contributed by atoms with Crippen molar-refractivity contribution in [2.45, 2.75) is 57.7 Å². The van der Waals surface area contributed by atoms with Gasteiger partial charge in [-0.25, -0.2) is 4.39 Å². The van der Waals surface area contributed by atoms with Gasteiger partial charge in [0.1, 0.15) is 11.9 Å². The summed E-state index contributed by atoms with van der Waals surface area (Å²) in [5.74, 6) is -2.31. The lowest BCUT2D eigenvalue weighted by molar-refractivity contribution is -0.159. The highest BCUT2D eigenvalue weighted by molar-refractivity contribution is 6.35. The summed E-state index contributed by atoms with van der Waals surface area (Å²) in [6, 6.07) is 13.1. The highest BCUT2D eigenvalue weighted by Gasteiger charge is 2.39. The Morgan fingerprint density at radius 3 is 2.30 bits per heavy atom. The maximum atomic E-state index is 13.4. The van der Waals surface area contributed by atoms with E-state index in [0.717, 1.165) is 18.4 Å². The predicted octanol–water partition coefficient (Wildman–Crippen LogP) is 2.31. The van der Waals surface area contributed by atoms with Gasteiger partial charge < -0.3 is 26.2 Å². The maximum absolute atomic E-state index is 13.4. The quantitative estimate of drug-likeness (QED) is 0.349. The van der Waals surface area contributed by atoms with Gasteiger partial charge in [0.15, 0.2) is 0 Å². The molecule has 0 bridgehead atoms. The number of amides is 4. The Hall–Kier alpha value is -3.79. The summed E-state index contributed by atoms with van der Waals surface area (Å²) in [7, 11) is 0. The van der Waals surface area contributed by atoms with Crippen LogP contribution in [0, 0.1) is 17.7 Å². The largest absolute Gasteiger partial charge is 0.350 e. The van der Waals surface area contributed by atoms with Gasteiger partial charge in [-0.05, 0) is 68.4 Å². The second-order valence-corrected chi connectivity index (χ2v) is 11.0. The zero-order chi connectivity index (χ0) is 28.8. The Morgan fingerprint density at radius 1 is 0.975 bits per heavy atom. The van der Waals surface area contributed by atoms with Crippen molar-refractivity contribution in [3.8, 4) is 0 Å². The molecule has 0 spiro atoms. The van der Waals surface area contributed by atoms with E-state index in [1.807, 2.05) is 30.3 Å². The van der Waals surface area contributed by atoms with Crippen LogP contribution >= 0.6 is 0 Å². The number of carbonyl (C=O) groups is 4. The van der Waals surface area contributed by atoms with Crippen LogP contribution in [-0.2, 0) is 25.6 Å². The molecule has 10 heteroatoms. The van der Waals surface area contributed by atoms with Crippen LogP contribution < -0.4 is 16.4 Å². The first-order valence-corrected chi connectivity index (χ1v) is 13.9. The normalized spacial score (nSPS) is 18.6. The van der Waals surface area contributed by atoms with Crippen molar-refractivity contribution in [2.24, 2.45) is 17.6 Å². The number of carbonyl (C=O) groups excluding carboxylic acids is 4. The summed E-state index contributed by atoms with van der Waals surface area (Å²) in [5, 5.41) is 5.76. The van der Waals surface area contributed by atoms with E-state index < -0.39 is 47.6 Å². The number of nitrogens with two attached hydrogens (primary N) is 1. The molecule has 1 saturated carbocycles. The number of nitrogens with zero attached hydrogens (tertiary/aromatic N) is 2. The summed E-state index contributed by atoms with van der Waals surface area (Å²) in [4.78, 5) is 54.6. The van der Waals surface area contributed by atoms with E-state index in [1.54, 1.807) is 18.7 Å². The van der Waals surface area contributed by atoms with Gasteiger partial charge in [-0.3, -0.25) is 19.2 Å². The molecule has 2 fully saturated rings. The molecule has 4 N–H and O–H groups in total. The first kappa shape index (κ1) is 29.2. The van der Waals surface area contributed by atoms with Crippen molar-refractivity contribution in [1.82, 2.24) is 15.1 Å². The Bertz CT molecular complexity index is 1200. The molecule has 214 valence electrons. The lowest BCUT2D eigenvalue weighted by Gasteiger charge is -2.37. The minimum atomic E-state index is -0.857. The van der Waals surface area contributed by atoms with Crippen molar-refractivity contribution in [3.05, 3.63) is 66.0 Å². The first-order valence-electron chi connectivity index (χ1n) is 13.9. The van der Waals surface area contributed by atoms with E-state index >= 15 is 0 Å². The number of anilines is 1. The molecule has 4 rings (SSSR count). The average Bonchev–Trinajstić information content (AvgIpc) is 3.76. The highest BCUT2D eigenvalue weighted by Crippen LogP contribution is 2.30. The molecule has 2 aliphatic rings. The number of benzene rings is 2. The van der Waals surface area contributed by atoms with Gasteiger partial charge in [-0.15, -0.1) is 0 Å². The molecule has 2 aromatic carbocycles. The second-order valence-electron chi connectivity index (χ2n) is 11.0. The van der Waals surface area contributed by atoms with Crippen LogP contribution in [0.5, 0.6) is 0 Å². The summed E-state index contributed by atoms with van der Waals surface area (Å²) < 4.78 is 13.2. The molecular weight excluding hydrogens is 513 g/mol. The summed E-state index contributed by atoms with van der Waals surface area (Å²) in [5.41, 5.74) is 8.01. The minimum Gasteiger partial charge on any atom is -0.350 e. The molecule has 1 aliphatic carbocycles. The van der Waals surface area contributed by atoms with E-state index in [9.17, 15) is 23.6 Å². The molecule has 9 nitrogen and oxygen atoms in total. The van der Waals surface area contributed by atoms with Crippen molar-refractivity contribution < 1.29 is 23.6 Å². The lowest BCUT2D eigenvalue weighted by atomic mass is 9.92. The van der Waals surface area contributed by atoms with Gasteiger partial charge in [-0.1, -0.05) is 37.3 Å². The van der Waals surface area contributed by atoms with Crippen LogP contribution in [0.1, 0.15) is 38.7 Å². The standard InChI is InChI=1S/C30H38FN5O4/c1-19(27(37)33-24-12-10-23(31)11-13-24)16-25(32)26(17-21-6-4-3-5-7-21)34-28(38)20(2)36-15-14-35(18-22-8-9-22)29(39)30(36)40/h3-7,10-13,19-20,22,25-26H,8-9,14-18,32H2,1-2H3,(H,33,37)(H,34,38)/t19-,20+,25+,26+/m1/s1. The van der Waals surface area contributed by atoms with Crippen LogP contribution in [0.3, 0.4) is 0 Å². The zero-order valence-corrected chi connectivity index (χ0v) is 23.0. The van der Waals surface area contributed by atoms with E-state index in [4.69, 9.17) is 5.73 Å². The molecule has 1 aliphatic heterocycles. The summed E-state index contributed by atoms with van der Waals surface area (Å²) >= 11 is 0. The number of piperazine rings is 1. The van der Waals surface area contributed by atoms with E-state index in [-0.39, 0.29) is 12.3 Å². The highest BCUT2D eigenvalue weighted by atomic mass is 19.1. The van der Waals surface area contributed by atoms with Gasteiger partial charge in [0.2, 0.25) is 11.8 Å². The monoisotopic (exact) mass is 551 g/mol. The van der Waals surface area contributed by atoms with E-state index in [0.29, 0.717) is 37.7 Å². The molecule has 0 radical (unpaired) electrons. The number of hydrogen-bond donors (Lipinski definition) is 3. The Kier molecular flexibility index (Phi) is 9.52. The van der Waals surface area contributed by atoms with Crippen molar-refractivity contribution in [3.63, 3.8) is 0 Å². The number of hydrogen-bond acceptors (Lipinski definition) is 5. The molecule has 1 saturated heterocycles. The molecule has 4 amide bonds. The average molecular weight is 552 g/mol. The maximum Gasteiger partial charge on any atom is 0.312 e. The van der Waals surface area contributed by atoms with E-state index in [2.05, 4.69) is 10.6 Å². The molecule has 4 atom stereocenters. The fourth-order valence-electron chi connectivity index (χ4n) is 4.95. The van der Waals surface area contributed by atoms with Gasteiger partial charge in [0.25, 0.3) is 0 Å². The third kappa shape index (κ3) is 7.65. The predicted molar refractivity (Wildman–Crippen MR) is 149 cm³/mol. The van der Waals surface area contributed by atoms with Crippen molar-refractivity contribution in [1.29, 1.82) is 0 Å². The van der Waals surface area contributed by atoms with Crippen LogP contribution in [0.2, 0.25) is 0 Å². The fraction of sp³-hybridized carbons (Fsp3) is 0.467. The van der Waals surface area contributed by atoms with Crippen LogP contribution in [-0.4, -0.2) is 71.2 Å². The van der Waals surface area contributed by atoms with Crippen LogP contribution in [0.25, 0.3) is 0 Å². The molecule has 2 aromatic rings. The zero-order valence-electron chi connectivity index (χ0n) is 23.0. The second kappa shape index (κ2) is 13.0. The number of rotatable bonds is 12. The van der Waals surface area contributed by atoms with Gasteiger partial charge in [0, 0.05) is 43.3 Å². The molecular formula is C30H38FN5O4. The third-order valence-corrected chi connectivity index (χ3v) is 7.69. The molecule has 40 heavy (non-hydrogen) atoms. The molecule has 1 heterocycles. The Morgan fingerprint density at radius 2 is 1.65 bits per heavy atom. The van der Waals surface area contributed by atoms with Gasteiger partial charge >= 0.3 is 11.8 Å². The van der Waals surface area contributed by atoms with Crippen molar-refractivity contribution >= 4 is 29.3 Å². The third-order valence-electron chi connectivity index (χ3n) is 7.69. The van der Waals surface area contributed by atoms with Crippen molar-refractivity contribution in [2.75, 3.05) is 25.0 Å². The first-order chi connectivity index (χ1) is 19.1. The fourth-order valence-corrected chi connectivity index (χ4v) is 4.95. The molecule has 0 unspecified atom stereocenters.